The van der Waals surface area contributed by atoms with Crippen LogP contribution in [0, 0.1) is 0 Å². The molecule has 0 atom stereocenters. The van der Waals surface area contributed by atoms with Crippen LogP contribution in [0.25, 0.3) is 0 Å². The maximum absolute atomic E-state index is 12.6. The Morgan fingerprint density at radius 2 is 1.65 bits per heavy atom. The number of sulfonamides is 1. The number of carbonyl (C=O) groups excluding carboxylic acids is 1. The summed E-state index contributed by atoms with van der Waals surface area (Å²) in [6, 6.07) is 12.4. The zero-order chi connectivity index (χ0) is 18.6. The minimum Gasteiger partial charge on any atom is -0.379 e. The highest BCUT2D eigenvalue weighted by molar-refractivity contribution is 7.89. The van der Waals surface area contributed by atoms with E-state index in [9.17, 15) is 13.2 Å². The zero-order valence-electron chi connectivity index (χ0n) is 13.8. The second kappa shape index (κ2) is 8.05. The number of amides is 2. The van der Waals surface area contributed by atoms with E-state index < -0.39 is 16.1 Å². The number of urea groups is 1. The Morgan fingerprint density at radius 1 is 1.00 bits per heavy atom. The number of ether oxygens (including phenoxy) is 1. The quantitative estimate of drug-likeness (QED) is 0.833. The standard InChI is InChI=1S/C17H18ClN3O4S/c18-13-2-1-3-15(12-13)20-17(22)19-14-4-6-16(7-5-14)26(23,24)21-8-10-25-11-9-21/h1-7,12H,8-11H2,(H2,19,20,22). The van der Waals surface area contributed by atoms with Crippen LogP contribution >= 0.6 is 11.6 Å². The fourth-order valence-electron chi connectivity index (χ4n) is 2.51. The Kier molecular flexibility index (Phi) is 5.77. The lowest BCUT2D eigenvalue weighted by Crippen LogP contribution is -2.40. The predicted molar refractivity (Wildman–Crippen MR) is 100 cm³/mol. The first kappa shape index (κ1) is 18.7. The predicted octanol–water partition coefficient (Wildman–Crippen LogP) is 3.00. The third kappa shape index (κ3) is 4.53. The van der Waals surface area contributed by atoms with E-state index in [2.05, 4.69) is 10.6 Å². The lowest BCUT2D eigenvalue weighted by molar-refractivity contribution is 0.0730. The van der Waals surface area contributed by atoms with Gasteiger partial charge >= 0.3 is 6.03 Å². The lowest BCUT2D eigenvalue weighted by Gasteiger charge is -2.26. The topological polar surface area (TPSA) is 87.7 Å². The van der Waals surface area contributed by atoms with Gasteiger partial charge in [-0.3, -0.25) is 0 Å². The van der Waals surface area contributed by atoms with Crippen molar-refractivity contribution in [1.82, 2.24) is 4.31 Å². The van der Waals surface area contributed by atoms with Crippen molar-refractivity contribution < 1.29 is 17.9 Å². The van der Waals surface area contributed by atoms with Gasteiger partial charge in [0.05, 0.1) is 18.1 Å². The van der Waals surface area contributed by atoms with Gasteiger partial charge < -0.3 is 15.4 Å². The molecule has 0 unspecified atom stereocenters. The van der Waals surface area contributed by atoms with E-state index in [-0.39, 0.29) is 4.90 Å². The second-order valence-corrected chi connectivity index (χ2v) is 8.00. The summed E-state index contributed by atoms with van der Waals surface area (Å²) in [5.74, 6) is 0. The van der Waals surface area contributed by atoms with Gasteiger partial charge in [-0.2, -0.15) is 4.31 Å². The van der Waals surface area contributed by atoms with Crippen molar-refractivity contribution in [2.24, 2.45) is 0 Å². The van der Waals surface area contributed by atoms with E-state index in [1.54, 1.807) is 36.4 Å². The molecule has 0 bridgehead atoms. The van der Waals surface area contributed by atoms with E-state index in [4.69, 9.17) is 16.3 Å². The van der Waals surface area contributed by atoms with E-state index in [0.29, 0.717) is 42.7 Å². The van der Waals surface area contributed by atoms with Gasteiger partial charge in [-0.05, 0) is 42.5 Å². The minimum atomic E-state index is -3.55. The second-order valence-electron chi connectivity index (χ2n) is 5.63. The highest BCUT2D eigenvalue weighted by atomic mass is 35.5. The van der Waals surface area contributed by atoms with Crippen LogP contribution in [-0.2, 0) is 14.8 Å². The van der Waals surface area contributed by atoms with Gasteiger partial charge in [-0.15, -0.1) is 0 Å². The molecule has 26 heavy (non-hydrogen) atoms. The van der Waals surface area contributed by atoms with Gasteiger partial charge in [-0.1, -0.05) is 17.7 Å². The van der Waals surface area contributed by atoms with Crippen LogP contribution in [0.1, 0.15) is 0 Å². The summed E-state index contributed by atoms with van der Waals surface area (Å²) >= 11 is 5.87. The molecule has 1 aliphatic rings. The Bertz CT molecular complexity index is 881. The number of hydrogen-bond acceptors (Lipinski definition) is 4. The van der Waals surface area contributed by atoms with Crippen LogP contribution in [0.4, 0.5) is 16.2 Å². The summed E-state index contributed by atoms with van der Waals surface area (Å²) in [6.07, 6.45) is 0. The van der Waals surface area contributed by atoms with E-state index in [1.165, 1.54) is 16.4 Å². The van der Waals surface area contributed by atoms with Crippen LogP contribution in [0.2, 0.25) is 5.02 Å². The molecule has 1 fully saturated rings. The average Bonchev–Trinajstić information content (AvgIpc) is 2.63. The number of halogens is 1. The van der Waals surface area contributed by atoms with Gasteiger partial charge in [-0.25, -0.2) is 13.2 Å². The number of hydrogen-bond donors (Lipinski definition) is 2. The van der Waals surface area contributed by atoms with Crippen LogP contribution in [-0.4, -0.2) is 45.1 Å². The fraction of sp³-hybridized carbons (Fsp3) is 0.235. The Labute approximate surface area is 157 Å². The lowest BCUT2D eigenvalue weighted by atomic mass is 10.3. The maximum atomic E-state index is 12.6. The number of nitrogens with one attached hydrogen (secondary N) is 2. The minimum absolute atomic E-state index is 0.181. The number of morpholine rings is 1. The van der Waals surface area contributed by atoms with Crippen LogP contribution in [0.3, 0.4) is 0 Å². The molecule has 138 valence electrons. The van der Waals surface area contributed by atoms with Crippen molar-refractivity contribution in [3.63, 3.8) is 0 Å². The van der Waals surface area contributed by atoms with Crippen LogP contribution in [0.5, 0.6) is 0 Å². The maximum Gasteiger partial charge on any atom is 0.323 e. The third-order valence-electron chi connectivity index (χ3n) is 3.80. The molecule has 9 heteroatoms. The van der Waals surface area contributed by atoms with Gasteiger partial charge in [0.1, 0.15) is 0 Å². The Hall–Kier alpha value is -2.13. The number of nitrogens with zero attached hydrogens (tertiary/aromatic N) is 1. The van der Waals surface area contributed by atoms with E-state index >= 15 is 0 Å². The molecule has 0 aromatic heterocycles. The number of rotatable bonds is 4. The molecule has 2 N–H and O–H groups in total. The molecule has 0 spiro atoms. The van der Waals surface area contributed by atoms with Crippen molar-refractivity contribution in [2.45, 2.75) is 4.90 Å². The van der Waals surface area contributed by atoms with Crippen molar-refractivity contribution >= 4 is 39.0 Å². The summed E-state index contributed by atoms with van der Waals surface area (Å²) in [4.78, 5) is 12.2. The molecule has 2 aromatic rings. The monoisotopic (exact) mass is 395 g/mol. The normalized spacial score (nSPS) is 15.4. The van der Waals surface area contributed by atoms with E-state index in [1.807, 2.05) is 0 Å². The molecule has 1 saturated heterocycles. The van der Waals surface area contributed by atoms with Crippen molar-refractivity contribution in [2.75, 3.05) is 36.9 Å². The third-order valence-corrected chi connectivity index (χ3v) is 5.95. The molecule has 0 saturated carbocycles. The summed E-state index contributed by atoms with van der Waals surface area (Å²) in [5.41, 5.74) is 1.03. The molecule has 1 heterocycles. The molecular formula is C17H18ClN3O4S. The molecule has 7 nitrogen and oxygen atoms in total. The fourth-order valence-corrected chi connectivity index (χ4v) is 4.10. The average molecular weight is 396 g/mol. The van der Waals surface area contributed by atoms with Crippen LogP contribution in [0.15, 0.2) is 53.4 Å². The largest absolute Gasteiger partial charge is 0.379 e. The van der Waals surface area contributed by atoms with Crippen molar-refractivity contribution in [3.8, 4) is 0 Å². The number of anilines is 2. The number of carbonyl (C=O) groups is 1. The first-order chi connectivity index (χ1) is 12.4. The molecule has 0 aliphatic carbocycles. The molecule has 2 aromatic carbocycles. The van der Waals surface area contributed by atoms with E-state index in [0.717, 1.165) is 0 Å². The molecule has 1 aliphatic heterocycles. The highest BCUT2D eigenvalue weighted by Crippen LogP contribution is 2.20. The first-order valence-electron chi connectivity index (χ1n) is 7.97. The van der Waals surface area contributed by atoms with Gasteiger partial charge in [0, 0.05) is 29.5 Å². The summed E-state index contributed by atoms with van der Waals surface area (Å²) in [7, 11) is -3.55. The van der Waals surface area contributed by atoms with Gasteiger partial charge in [0.25, 0.3) is 0 Å². The summed E-state index contributed by atoms with van der Waals surface area (Å²) in [5, 5.41) is 5.81. The molecule has 0 radical (unpaired) electrons. The van der Waals surface area contributed by atoms with Crippen LogP contribution < -0.4 is 10.6 Å². The Morgan fingerprint density at radius 3 is 2.31 bits per heavy atom. The first-order valence-corrected chi connectivity index (χ1v) is 9.78. The molecular weight excluding hydrogens is 378 g/mol. The number of benzene rings is 2. The van der Waals surface area contributed by atoms with Crippen molar-refractivity contribution in [1.29, 1.82) is 0 Å². The summed E-state index contributed by atoms with van der Waals surface area (Å²) in [6.45, 7) is 1.46. The Balaban J connectivity index is 1.64. The van der Waals surface area contributed by atoms with Crippen molar-refractivity contribution in [3.05, 3.63) is 53.6 Å². The SMILES string of the molecule is O=C(Nc1ccc(S(=O)(=O)N2CCOCC2)cc1)Nc1cccc(Cl)c1. The van der Waals surface area contributed by atoms with Gasteiger partial charge in [0.15, 0.2) is 0 Å². The molecule has 3 rings (SSSR count). The highest BCUT2D eigenvalue weighted by Gasteiger charge is 2.26. The van der Waals surface area contributed by atoms with Gasteiger partial charge in [0.2, 0.25) is 10.0 Å². The zero-order valence-corrected chi connectivity index (χ0v) is 15.4. The molecule has 2 amide bonds. The summed E-state index contributed by atoms with van der Waals surface area (Å²) < 4.78 is 31.7. The smallest absolute Gasteiger partial charge is 0.323 e.